The number of furan rings is 1. The first-order valence-corrected chi connectivity index (χ1v) is 6.26. The second-order valence-corrected chi connectivity index (χ2v) is 4.61. The molecule has 0 saturated heterocycles. The molecule has 1 aromatic heterocycles. The standard InChI is InChI=1S/C14H12F5NO2/c1-20(4-5-21)14(7-3-2-6-22-7)8-9(15)11(17)13(19)12(18)10(8)16/h2-3,6,14,21H,4-5H2,1H3/t14-/m1/s1. The van der Waals surface area contributed by atoms with Gasteiger partial charge in [-0.3, -0.25) is 4.90 Å². The third kappa shape index (κ3) is 2.71. The lowest BCUT2D eigenvalue weighted by molar-refractivity contribution is 0.178. The van der Waals surface area contributed by atoms with Crippen molar-refractivity contribution in [1.82, 2.24) is 4.90 Å². The van der Waals surface area contributed by atoms with E-state index >= 15 is 0 Å². The van der Waals surface area contributed by atoms with Gasteiger partial charge < -0.3 is 9.52 Å². The molecule has 0 fully saturated rings. The maximum absolute atomic E-state index is 14.0. The Bertz CT molecular complexity index is 631. The first-order valence-electron chi connectivity index (χ1n) is 6.26. The van der Waals surface area contributed by atoms with Crippen LogP contribution in [0, 0.1) is 29.1 Å². The topological polar surface area (TPSA) is 36.6 Å². The van der Waals surface area contributed by atoms with E-state index in [4.69, 9.17) is 9.52 Å². The number of likely N-dealkylation sites (N-methyl/N-ethyl adjacent to an activating group) is 1. The van der Waals surface area contributed by atoms with Crippen molar-refractivity contribution in [1.29, 1.82) is 0 Å². The molecule has 2 aromatic rings. The van der Waals surface area contributed by atoms with Crippen molar-refractivity contribution in [2.24, 2.45) is 0 Å². The number of hydrogen-bond donors (Lipinski definition) is 1. The average molecular weight is 321 g/mol. The van der Waals surface area contributed by atoms with E-state index in [0.29, 0.717) is 0 Å². The maximum atomic E-state index is 14.0. The van der Waals surface area contributed by atoms with Crippen LogP contribution < -0.4 is 0 Å². The first-order chi connectivity index (χ1) is 10.4. The van der Waals surface area contributed by atoms with Gasteiger partial charge in [-0.25, -0.2) is 22.0 Å². The molecule has 22 heavy (non-hydrogen) atoms. The van der Waals surface area contributed by atoms with Crippen molar-refractivity contribution in [2.75, 3.05) is 20.2 Å². The number of hydrogen-bond acceptors (Lipinski definition) is 3. The summed E-state index contributed by atoms with van der Waals surface area (Å²) in [4.78, 5) is 1.22. The SMILES string of the molecule is CN(CCO)[C@H](c1ccco1)c1c(F)c(F)c(F)c(F)c1F. The Morgan fingerprint density at radius 2 is 1.59 bits per heavy atom. The number of aliphatic hydroxyl groups is 1. The van der Waals surface area contributed by atoms with Gasteiger partial charge in [0.25, 0.3) is 0 Å². The Morgan fingerprint density at radius 3 is 2.05 bits per heavy atom. The Balaban J connectivity index is 2.68. The monoisotopic (exact) mass is 321 g/mol. The molecule has 1 aromatic carbocycles. The van der Waals surface area contributed by atoms with Crippen LogP contribution in [0.15, 0.2) is 22.8 Å². The summed E-state index contributed by atoms with van der Waals surface area (Å²) in [5, 5.41) is 8.95. The van der Waals surface area contributed by atoms with Gasteiger partial charge in [0.05, 0.1) is 24.5 Å². The molecule has 0 aliphatic rings. The molecule has 1 N–H and O–H groups in total. The van der Waals surface area contributed by atoms with Crippen LogP contribution in [-0.4, -0.2) is 30.2 Å². The fourth-order valence-electron chi connectivity index (χ4n) is 2.18. The van der Waals surface area contributed by atoms with Gasteiger partial charge >= 0.3 is 0 Å². The van der Waals surface area contributed by atoms with Crippen LogP contribution >= 0.6 is 0 Å². The lowest BCUT2D eigenvalue weighted by Crippen LogP contribution is -2.30. The van der Waals surface area contributed by atoms with Crippen LogP contribution in [0.1, 0.15) is 17.4 Å². The molecule has 0 saturated carbocycles. The molecule has 3 nitrogen and oxygen atoms in total. The number of benzene rings is 1. The van der Waals surface area contributed by atoms with E-state index in [1.54, 1.807) is 0 Å². The molecule has 0 unspecified atom stereocenters. The number of nitrogens with zero attached hydrogens (tertiary/aromatic N) is 1. The van der Waals surface area contributed by atoms with E-state index in [2.05, 4.69) is 0 Å². The van der Waals surface area contributed by atoms with E-state index in [1.165, 1.54) is 30.3 Å². The molecule has 2 rings (SSSR count). The molecule has 0 radical (unpaired) electrons. The highest BCUT2D eigenvalue weighted by atomic mass is 19.2. The van der Waals surface area contributed by atoms with E-state index in [1.807, 2.05) is 0 Å². The molecule has 0 aliphatic heterocycles. The van der Waals surface area contributed by atoms with Crippen LogP contribution in [0.2, 0.25) is 0 Å². The fourth-order valence-corrected chi connectivity index (χ4v) is 2.18. The molecule has 0 spiro atoms. The number of halogens is 5. The van der Waals surface area contributed by atoms with E-state index < -0.39 is 40.7 Å². The Kier molecular flexibility index (Phi) is 4.82. The minimum Gasteiger partial charge on any atom is -0.467 e. The smallest absolute Gasteiger partial charge is 0.200 e. The van der Waals surface area contributed by atoms with Crippen molar-refractivity contribution in [2.45, 2.75) is 6.04 Å². The summed E-state index contributed by atoms with van der Waals surface area (Å²) >= 11 is 0. The number of aliphatic hydroxyl groups excluding tert-OH is 1. The fraction of sp³-hybridized carbons (Fsp3) is 0.286. The molecule has 0 bridgehead atoms. The second kappa shape index (κ2) is 6.45. The zero-order valence-corrected chi connectivity index (χ0v) is 11.4. The molecule has 1 atom stereocenters. The summed E-state index contributed by atoms with van der Waals surface area (Å²) in [5.41, 5.74) is -1.03. The highest BCUT2D eigenvalue weighted by Crippen LogP contribution is 2.34. The van der Waals surface area contributed by atoms with Crippen molar-refractivity contribution in [3.05, 3.63) is 58.8 Å². The Hall–Kier alpha value is -1.93. The van der Waals surface area contributed by atoms with Crippen LogP contribution in [0.25, 0.3) is 0 Å². The Morgan fingerprint density at radius 1 is 1.05 bits per heavy atom. The Labute approximate surface area is 122 Å². The summed E-state index contributed by atoms with van der Waals surface area (Å²) in [6.07, 6.45) is 1.21. The molecular formula is C14H12F5NO2. The maximum Gasteiger partial charge on any atom is 0.200 e. The summed E-state index contributed by atoms with van der Waals surface area (Å²) in [5.74, 6) is -10.1. The minimum absolute atomic E-state index is 0.0147. The van der Waals surface area contributed by atoms with Crippen LogP contribution in [-0.2, 0) is 0 Å². The highest BCUT2D eigenvalue weighted by Gasteiger charge is 2.34. The molecule has 0 amide bonds. The summed E-state index contributed by atoms with van der Waals surface area (Å²) in [6.45, 7) is -0.437. The first kappa shape index (κ1) is 16.4. The van der Waals surface area contributed by atoms with Crippen LogP contribution in [0.3, 0.4) is 0 Å². The zero-order valence-electron chi connectivity index (χ0n) is 11.4. The van der Waals surface area contributed by atoms with Crippen LogP contribution in [0.5, 0.6) is 0 Å². The quantitative estimate of drug-likeness (QED) is 0.522. The van der Waals surface area contributed by atoms with Gasteiger partial charge in [0, 0.05) is 6.54 Å². The largest absolute Gasteiger partial charge is 0.467 e. The van der Waals surface area contributed by atoms with Crippen LogP contribution in [0.4, 0.5) is 22.0 Å². The predicted octanol–water partition coefficient (Wildman–Crippen LogP) is 2.99. The van der Waals surface area contributed by atoms with Crippen molar-refractivity contribution in [3.8, 4) is 0 Å². The van der Waals surface area contributed by atoms with Gasteiger partial charge in [0.1, 0.15) is 5.76 Å². The van der Waals surface area contributed by atoms with E-state index in [0.717, 1.165) is 0 Å². The third-order valence-electron chi connectivity index (χ3n) is 3.22. The van der Waals surface area contributed by atoms with Gasteiger partial charge in [0.15, 0.2) is 23.3 Å². The van der Waals surface area contributed by atoms with E-state index in [-0.39, 0.29) is 18.9 Å². The lowest BCUT2D eigenvalue weighted by atomic mass is 10.0. The summed E-state index contributed by atoms with van der Waals surface area (Å²) in [7, 11) is 1.36. The van der Waals surface area contributed by atoms with Gasteiger partial charge in [-0.05, 0) is 19.2 Å². The zero-order chi connectivity index (χ0) is 16.4. The average Bonchev–Trinajstić information content (AvgIpc) is 3.01. The summed E-state index contributed by atoms with van der Waals surface area (Å²) in [6, 6.07) is 1.39. The predicted molar refractivity (Wildman–Crippen MR) is 66.5 cm³/mol. The number of rotatable bonds is 5. The van der Waals surface area contributed by atoms with Crippen molar-refractivity contribution >= 4 is 0 Å². The van der Waals surface area contributed by atoms with Gasteiger partial charge in [0.2, 0.25) is 5.82 Å². The molecule has 120 valence electrons. The minimum atomic E-state index is -2.22. The van der Waals surface area contributed by atoms with Crippen molar-refractivity contribution in [3.63, 3.8) is 0 Å². The van der Waals surface area contributed by atoms with Gasteiger partial charge in [-0.15, -0.1) is 0 Å². The highest BCUT2D eigenvalue weighted by molar-refractivity contribution is 5.32. The van der Waals surface area contributed by atoms with Crippen molar-refractivity contribution < 1.29 is 31.5 Å². The third-order valence-corrected chi connectivity index (χ3v) is 3.22. The summed E-state index contributed by atoms with van der Waals surface area (Å²) < 4.78 is 73.0. The molecular weight excluding hydrogens is 309 g/mol. The van der Waals surface area contributed by atoms with Gasteiger partial charge in [-0.1, -0.05) is 0 Å². The van der Waals surface area contributed by atoms with E-state index in [9.17, 15) is 22.0 Å². The second-order valence-electron chi connectivity index (χ2n) is 4.61. The molecule has 8 heteroatoms. The molecule has 0 aliphatic carbocycles. The molecule has 1 heterocycles. The van der Waals surface area contributed by atoms with Gasteiger partial charge in [-0.2, -0.15) is 0 Å². The lowest BCUT2D eigenvalue weighted by Gasteiger charge is -2.27. The normalized spacial score (nSPS) is 12.9.